The van der Waals surface area contributed by atoms with Crippen molar-refractivity contribution in [3.63, 3.8) is 0 Å². The summed E-state index contributed by atoms with van der Waals surface area (Å²) in [5.41, 5.74) is 0. The number of carbonyl (C=O) groups excluding carboxylic acids is 2. The van der Waals surface area contributed by atoms with Gasteiger partial charge in [0.1, 0.15) is 0 Å². The third-order valence-electron chi connectivity index (χ3n) is 1.95. The van der Waals surface area contributed by atoms with Crippen molar-refractivity contribution in [1.82, 2.24) is 5.32 Å². The van der Waals surface area contributed by atoms with Gasteiger partial charge in [0, 0.05) is 11.3 Å². The van der Waals surface area contributed by atoms with Crippen LogP contribution in [-0.2, 0) is 9.59 Å². The highest BCUT2D eigenvalue weighted by molar-refractivity contribution is 8.00. The molecule has 0 aliphatic carbocycles. The first-order chi connectivity index (χ1) is 6.75. The van der Waals surface area contributed by atoms with Crippen LogP contribution in [0.3, 0.4) is 0 Å². The van der Waals surface area contributed by atoms with E-state index in [-0.39, 0.29) is 17.1 Å². The van der Waals surface area contributed by atoms with Crippen molar-refractivity contribution in [2.24, 2.45) is 0 Å². The maximum absolute atomic E-state index is 11.2. The lowest BCUT2D eigenvalue weighted by atomic mass is 10.3. The third-order valence-corrected chi connectivity index (χ3v) is 3.16. The molecule has 1 N–H and O–H groups in total. The Kier molecular flexibility index (Phi) is 2.54. The quantitative estimate of drug-likeness (QED) is 0.741. The van der Waals surface area contributed by atoms with Gasteiger partial charge < -0.3 is 0 Å². The number of imide groups is 1. The smallest absolute Gasteiger partial charge is 0.240 e. The van der Waals surface area contributed by atoms with E-state index in [1.54, 1.807) is 0 Å². The minimum atomic E-state index is -0.259. The molecule has 3 nitrogen and oxygen atoms in total. The molecule has 1 aromatic carbocycles. The van der Waals surface area contributed by atoms with Gasteiger partial charge in [-0.15, -0.1) is 11.8 Å². The van der Waals surface area contributed by atoms with Crippen LogP contribution < -0.4 is 5.32 Å². The van der Waals surface area contributed by atoms with E-state index in [1.807, 2.05) is 30.3 Å². The second-order valence-corrected chi connectivity index (χ2v) is 4.31. The molecule has 0 saturated carbocycles. The predicted octanol–water partition coefficient (Wildman–Crippen LogP) is 1.19. The van der Waals surface area contributed by atoms with Crippen LogP contribution in [0.1, 0.15) is 6.42 Å². The van der Waals surface area contributed by atoms with Gasteiger partial charge in [0.05, 0.1) is 5.25 Å². The number of benzene rings is 1. The van der Waals surface area contributed by atoms with Gasteiger partial charge in [-0.25, -0.2) is 0 Å². The van der Waals surface area contributed by atoms with Gasteiger partial charge in [0.25, 0.3) is 0 Å². The molecule has 0 spiro atoms. The summed E-state index contributed by atoms with van der Waals surface area (Å²) in [7, 11) is 0. The highest BCUT2D eigenvalue weighted by atomic mass is 32.2. The normalized spacial score (nSPS) is 21.0. The third kappa shape index (κ3) is 1.96. The number of nitrogens with one attached hydrogen (secondary N) is 1. The van der Waals surface area contributed by atoms with Crippen molar-refractivity contribution in [2.45, 2.75) is 16.6 Å². The van der Waals surface area contributed by atoms with Crippen LogP contribution in [0.4, 0.5) is 0 Å². The summed E-state index contributed by atoms with van der Waals surface area (Å²) in [6.07, 6.45) is 0.290. The molecule has 1 aromatic rings. The lowest BCUT2D eigenvalue weighted by Crippen LogP contribution is -2.22. The fourth-order valence-electron chi connectivity index (χ4n) is 1.29. The van der Waals surface area contributed by atoms with Crippen molar-refractivity contribution >= 4 is 23.6 Å². The van der Waals surface area contributed by atoms with Crippen molar-refractivity contribution in [2.75, 3.05) is 0 Å². The van der Waals surface area contributed by atoms with Gasteiger partial charge in [-0.1, -0.05) is 18.2 Å². The standard InChI is InChI=1S/C10H9NO2S/c12-9-6-8(10(13)11-9)14-7-4-2-1-3-5-7/h1-5,8H,6H2,(H,11,12,13). The average molecular weight is 207 g/mol. The second-order valence-electron chi connectivity index (χ2n) is 3.04. The minimum Gasteiger partial charge on any atom is -0.295 e. The molecule has 2 amide bonds. The SMILES string of the molecule is O=C1CC(Sc2ccccc2)C(=O)N1. The van der Waals surface area contributed by atoms with Crippen LogP contribution >= 0.6 is 11.8 Å². The number of carbonyl (C=O) groups is 2. The fraction of sp³-hybridized carbons (Fsp3) is 0.200. The molecule has 1 unspecified atom stereocenters. The first kappa shape index (κ1) is 9.27. The molecule has 1 fully saturated rings. The number of hydrogen-bond donors (Lipinski definition) is 1. The topological polar surface area (TPSA) is 46.2 Å². The predicted molar refractivity (Wildman–Crippen MR) is 53.9 cm³/mol. The van der Waals surface area contributed by atoms with E-state index in [0.717, 1.165) is 4.90 Å². The number of amides is 2. The van der Waals surface area contributed by atoms with Gasteiger partial charge >= 0.3 is 0 Å². The molecule has 1 saturated heterocycles. The zero-order valence-electron chi connectivity index (χ0n) is 7.40. The molecular formula is C10H9NO2S. The minimum absolute atomic E-state index is 0.177. The number of thioether (sulfide) groups is 1. The molecular weight excluding hydrogens is 198 g/mol. The van der Waals surface area contributed by atoms with Crippen LogP contribution in [0.25, 0.3) is 0 Å². The number of rotatable bonds is 2. The van der Waals surface area contributed by atoms with Crippen LogP contribution in [0.2, 0.25) is 0 Å². The molecule has 0 bridgehead atoms. The summed E-state index contributed by atoms with van der Waals surface area (Å²) >= 11 is 1.43. The zero-order valence-corrected chi connectivity index (χ0v) is 8.21. The molecule has 1 aliphatic heterocycles. The lowest BCUT2D eigenvalue weighted by molar-refractivity contribution is -0.124. The summed E-state index contributed by atoms with van der Waals surface area (Å²) in [6.45, 7) is 0. The molecule has 1 heterocycles. The van der Waals surface area contributed by atoms with E-state index >= 15 is 0 Å². The fourth-order valence-corrected chi connectivity index (χ4v) is 2.33. The van der Waals surface area contributed by atoms with Crippen LogP contribution in [0.5, 0.6) is 0 Å². The Balaban J connectivity index is 2.05. The first-order valence-electron chi connectivity index (χ1n) is 4.31. The van der Waals surface area contributed by atoms with E-state index < -0.39 is 0 Å². The number of hydrogen-bond acceptors (Lipinski definition) is 3. The average Bonchev–Trinajstić information content (AvgIpc) is 2.47. The van der Waals surface area contributed by atoms with E-state index in [0.29, 0.717) is 6.42 Å². The van der Waals surface area contributed by atoms with Gasteiger partial charge in [0.2, 0.25) is 11.8 Å². The highest BCUT2D eigenvalue weighted by Gasteiger charge is 2.30. The maximum Gasteiger partial charge on any atom is 0.240 e. The van der Waals surface area contributed by atoms with Gasteiger partial charge in [-0.05, 0) is 12.1 Å². The lowest BCUT2D eigenvalue weighted by Gasteiger charge is -2.04. The maximum atomic E-state index is 11.2. The van der Waals surface area contributed by atoms with Gasteiger partial charge in [0.15, 0.2) is 0 Å². The Morgan fingerprint density at radius 2 is 1.93 bits per heavy atom. The first-order valence-corrected chi connectivity index (χ1v) is 5.19. The van der Waals surface area contributed by atoms with Crippen LogP contribution in [0, 0.1) is 0 Å². The molecule has 1 aliphatic rings. The Bertz CT molecular complexity index is 364. The largest absolute Gasteiger partial charge is 0.295 e. The van der Waals surface area contributed by atoms with Crippen LogP contribution in [0.15, 0.2) is 35.2 Å². The van der Waals surface area contributed by atoms with Crippen LogP contribution in [-0.4, -0.2) is 17.1 Å². The summed E-state index contributed by atoms with van der Waals surface area (Å²) in [4.78, 5) is 23.2. The molecule has 14 heavy (non-hydrogen) atoms. The monoisotopic (exact) mass is 207 g/mol. The van der Waals surface area contributed by atoms with Crippen molar-refractivity contribution in [3.05, 3.63) is 30.3 Å². The highest BCUT2D eigenvalue weighted by Crippen LogP contribution is 2.27. The summed E-state index contributed by atoms with van der Waals surface area (Å²) < 4.78 is 0. The molecule has 0 radical (unpaired) electrons. The summed E-state index contributed by atoms with van der Waals surface area (Å²) in [5, 5.41) is 2.03. The second kappa shape index (κ2) is 3.84. The zero-order chi connectivity index (χ0) is 9.97. The van der Waals surface area contributed by atoms with Crippen molar-refractivity contribution in [3.8, 4) is 0 Å². The molecule has 2 rings (SSSR count). The summed E-state index contributed by atoms with van der Waals surface area (Å²) in [5.74, 6) is -0.354. The van der Waals surface area contributed by atoms with Gasteiger partial charge in [-0.2, -0.15) is 0 Å². The Morgan fingerprint density at radius 1 is 1.21 bits per heavy atom. The van der Waals surface area contributed by atoms with E-state index in [4.69, 9.17) is 0 Å². The van der Waals surface area contributed by atoms with Crippen molar-refractivity contribution in [1.29, 1.82) is 0 Å². The van der Waals surface area contributed by atoms with E-state index in [9.17, 15) is 9.59 Å². The molecule has 72 valence electrons. The summed E-state index contributed by atoms with van der Waals surface area (Å²) in [6, 6.07) is 9.61. The Labute approximate surface area is 85.9 Å². The van der Waals surface area contributed by atoms with Crippen molar-refractivity contribution < 1.29 is 9.59 Å². The molecule has 1 atom stereocenters. The van der Waals surface area contributed by atoms with E-state index in [2.05, 4.69) is 5.32 Å². The van der Waals surface area contributed by atoms with E-state index in [1.165, 1.54) is 11.8 Å². The molecule has 4 heteroatoms. The van der Waals surface area contributed by atoms with Gasteiger partial charge in [-0.3, -0.25) is 14.9 Å². The Morgan fingerprint density at radius 3 is 2.50 bits per heavy atom. The Hall–Kier alpha value is -1.29. The molecule has 0 aromatic heterocycles.